The monoisotopic (exact) mass is 277 g/mol. The molecular weight excluding hydrogens is 262 g/mol. The Morgan fingerprint density at radius 3 is 2.89 bits per heavy atom. The third-order valence-electron chi connectivity index (χ3n) is 2.62. The van der Waals surface area contributed by atoms with Crippen molar-refractivity contribution in [3.05, 3.63) is 40.8 Å². The highest BCUT2D eigenvalue weighted by molar-refractivity contribution is 7.98. The Bertz CT molecular complexity index is 599. The fraction of sp³-hybridized carbons (Fsp3) is 0.308. The average Bonchev–Trinajstić information content (AvgIpc) is 2.46. The number of hydrogen-bond donors (Lipinski definition) is 0. The number of thioether (sulfide) groups is 1. The Hall–Kier alpha value is -1.66. The third kappa shape index (κ3) is 3.21. The van der Waals surface area contributed by atoms with Crippen LogP contribution in [0.5, 0.6) is 0 Å². The van der Waals surface area contributed by atoms with E-state index < -0.39 is 0 Å². The summed E-state index contributed by atoms with van der Waals surface area (Å²) in [5, 5.41) is 0.671. The first-order valence-corrected chi connectivity index (χ1v) is 7.05. The van der Waals surface area contributed by atoms with E-state index in [9.17, 15) is 4.79 Å². The first kappa shape index (κ1) is 13.8. The number of aromatic nitrogens is 3. The highest BCUT2D eigenvalue weighted by atomic mass is 32.2. The van der Waals surface area contributed by atoms with Crippen molar-refractivity contribution in [2.45, 2.75) is 11.7 Å². The van der Waals surface area contributed by atoms with E-state index >= 15 is 0 Å². The predicted octanol–water partition coefficient (Wildman–Crippen LogP) is 1.67. The van der Waals surface area contributed by atoms with Gasteiger partial charge < -0.3 is 9.30 Å². The summed E-state index contributed by atoms with van der Waals surface area (Å²) < 4.78 is 7.07. The van der Waals surface area contributed by atoms with Crippen molar-refractivity contribution in [1.29, 1.82) is 0 Å². The van der Waals surface area contributed by atoms with Crippen LogP contribution in [-0.2, 0) is 11.3 Å². The Balaban J connectivity index is 2.57. The molecule has 2 heterocycles. The van der Waals surface area contributed by atoms with Gasteiger partial charge in [-0.05, 0) is 18.4 Å². The lowest BCUT2D eigenvalue weighted by molar-refractivity contribution is 0.184. The maximum absolute atomic E-state index is 11.7. The molecule has 0 radical (unpaired) electrons. The second-order valence-electron chi connectivity index (χ2n) is 3.83. The minimum Gasteiger partial charge on any atom is -0.383 e. The van der Waals surface area contributed by atoms with Crippen LogP contribution in [-0.4, -0.2) is 34.5 Å². The zero-order valence-electron chi connectivity index (χ0n) is 10.9. The summed E-state index contributed by atoms with van der Waals surface area (Å²) >= 11 is 1.44. The fourth-order valence-electron chi connectivity index (χ4n) is 1.77. The first-order chi connectivity index (χ1) is 9.26. The van der Waals surface area contributed by atoms with Gasteiger partial charge in [0.05, 0.1) is 18.0 Å². The topological polar surface area (TPSA) is 57.0 Å². The lowest BCUT2D eigenvalue weighted by atomic mass is 10.2. The molecular formula is C13H15N3O2S. The number of nitrogens with zero attached hydrogens (tertiary/aromatic N) is 3. The number of rotatable bonds is 5. The van der Waals surface area contributed by atoms with Gasteiger partial charge in [0.1, 0.15) is 0 Å². The second-order valence-corrected chi connectivity index (χ2v) is 4.60. The van der Waals surface area contributed by atoms with Gasteiger partial charge in [0, 0.05) is 25.9 Å². The SMILES string of the molecule is COCCn1c(-c2ccccn2)cc(=O)nc1SC. The molecule has 0 spiro atoms. The summed E-state index contributed by atoms with van der Waals surface area (Å²) in [5.74, 6) is 0. The molecule has 0 aromatic carbocycles. The predicted molar refractivity (Wildman–Crippen MR) is 75.4 cm³/mol. The smallest absolute Gasteiger partial charge is 0.274 e. The number of methoxy groups -OCH3 is 1. The molecule has 0 unspecified atom stereocenters. The highest BCUT2D eigenvalue weighted by Gasteiger charge is 2.11. The van der Waals surface area contributed by atoms with Crippen LogP contribution in [0.1, 0.15) is 0 Å². The van der Waals surface area contributed by atoms with Gasteiger partial charge in [0.2, 0.25) is 0 Å². The summed E-state index contributed by atoms with van der Waals surface area (Å²) in [5.41, 5.74) is 1.27. The Labute approximate surface area is 115 Å². The van der Waals surface area contributed by atoms with Gasteiger partial charge in [0.25, 0.3) is 5.56 Å². The van der Waals surface area contributed by atoms with Crippen LogP contribution in [0.3, 0.4) is 0 Å². The summed E-state index contributed by atoms with van der Waals surface area (Å²) in [6.45, 7) is 1.18. The molecule has 5 nitrogen and oxygen atoms in total. The molecule has 2 aromatic heterocycles. The van der Waals surface area contributed by atoms with Crippen molar-refractivity contribution in [2.24, 2.45) is 0 Å². The number of pyridine rings is 1. The van der Waals surface area contributed by atoms with E-state index in [1.165, 1.54) is 17.8 Å². The second kappa shape index (κ2) is 6.49. The fourth-order valence-corrected chi connectivity index (χ4v) is 2.36. The zero-order chi connectivity index (χ0) is 13.7. The summed E-state index contributed by atoms with van der Waals surface area (Å²) in [7, 11) is 1.65. The van der Waals surface area contributed by atoms with Gasteiger partial charge in [-0.15, -0.1) is 0 Å². The van der Waals surface area contributed by atoms with E-state index in [2.05, 4.69) is 9.97 Å². The highest BCUT2D eigenvalue weighted by Crippen LogP contribution is 2.20. The minimum absolute atomic E-state index is 0.251. The summed E-state index contributed by atoms with van der Waals surface area (Å²) in [4.78, 5) is 20.0. The van der Waals surface area contributed by atoms with E-state index in [1.54, 1.807) is 13.3 Å². The van der Waals surface area contributed by atoms with Crippen molar-refractivity contribution >= 4 is 11.8 Å². The Morgan fingerprint density at radius 2 is 2.26 bits per heavy atom. The molecule has 0 amide bonds. The van der Waals surface area contributed by atoms with Crippen molar-refractivity contribution in [2.75, 3.05) is 20.0 Å². The van der Waals surface area contributed by atoms with Crippen LogP contribution >= 0.6 is 11.8 Å². The molecule has 0 aliphatic heterocycles. The molecule has 0 saturated carbocycles. The van der Waals surface area contributed by atoms with E-state index in [1.807, 2.05) is 29.0 Å². The number of ether oxygens (including phenoxy) is 1. The van der Waals surface area contributed by atoms with Crippen molar-refractivity contribution < 1.29 is 4.74 Å². The Kier molecular flexibility index (Phi) is 4.70. The lowest BCUT2D eigenvalue weighted by Crippen LogP contribution is -2.18. The zero-order valence-corrected chi connectivity index (χ0v) is 11.7. The lowest BCUT2D eigenvalue weighted by Gasteiger charge is -2.15. The van der Waals surface area contributed by atoms with Crippen LogP contribution < -0.4 is 5.56 Å². The van der Waals surface area contributed by atoms with Crippen molar-refractivity contribution in [3.63, 3.8) is 0 Å². The number of hydrogen-bond acceptors (Lipinski definition) is 5. The molecule has 2 aromatic rings. The van der Waals surface area contributed by atoms with E-state index in [0.717, 1.165) is 11.4 Å². The molecule has 19 heavy (non-hydrogen) atoms. The standard InChI is InChI=1S/C13H15N3O2S/c1-18-8-7-16-11(10-5-3-4-6-14-10)9-12(17)15-13(16)19-2/h3-6,9H,7-8H2,1-2H3. The first-order valence-electron chi connectivity index (χ1n) is 5.82. The van der Waals surface area contributed by atoms with Crippen LogP contribution in [0.2, 0.25) is 0 Å². The van der Waals surface area contributed by atoms with Gasteiger partial charge in [-0.2, -0.15) is 4.98 Å². The van der Waals surface area contributed by atoms with Crippen LogP contribution in [0, 0.1) is 0 Å². The normalized spacial score (nSPS) is 10.6. The molecule has 100 valence electrons. The van der Waals surface area contributed by atoms with E-state index in [-0.39, 0.29) is 5.56 Å². The van der Waals surface area contributed by atoms with Crippen molar-refractivity contribution in [3.8, 4) is 11.4 Å². The van der Waals surface area contributed by atoms with Gasteiger partial charge in [0.15, 0.2) is 5.16 Å². The molecule has 0 aliphatic carbocycles. The summed E-state index contributed by atoms with van der Waals surface area (Å²) in [6, 6.07) is 7.13. The van der Waals surface area contributed by atoms with Crippen LogP contribution in [0.4, 0.5) is 0 Å². The van der Waals surface area contributed by atoms with Crippen molar-refractivity contribution in [1.82, 2.24) is 14.5 Å². The minimum atomic E-state index is -0.251. The quantitative estimate of drug-likeness (QED) is 0.614. The molecule has 6 heteroatoms. The maximum Gasteiger partial charge on any atom is 0.274 e. The van der Waals surface area contributed by atoms with Crippen LogP contribution in [0.15, 0.2) is 40.4 Å². The molecule has 0 atom stereocenters. The maximum atomic E-state index is 11.7. The molecule has 0 saturated heterocycles. The molecule has 0 fully saturated rings. The third-order valence-corrected chi connectivity index (χ3v) is 3.29. The van der Waals surface area contributed by atoms with E-state index in [0.29, 0.717) is 18.3 Å². The molecule has 0 bridgehead atoms. The Morgan fingerprint density at radius 1 is 1.42 bits per heavy atom. The largest absolute Gasteiger partial charge is 0.383 e. The van der Waals surface area contributed by atoms with Crippen LogP contribution in [0.25, 0.3) is 11.4 Å². The molecule has 0 N–H and O–H groups in total. The molecule has 0 aliphatic rings. The van der Waals surface area contributed by atoms with Gasteiger partial charge in [-0.1, -0.05) is 17.8 Å². The van der Waals surface area contributed by atoms with Gasteiger partial charge >= 0.3 is 0 Å². The van der Waals surface area contributed by atoms with E-state index in [4.69, 9.17) is 4.74 Å². The van der Waals surface area contributed by atoms with Gasteiger partial charge in [-0.3, -0.25) is 9.78 Å². The molecule has 2 rings (SSSR count). The average molecular weight is 277 g/mol. The summed E-state index contributed by atoms with van der Waals surface area (Å²) in [6.07, 6.45) is 3.60. The van der Waals surface area contributed by atoms with Gasteiger partial charge in [-0.25, -0.2) is 0 Å².